The van der Waals surface area contributed by atoms with Gasteiger partial charge in [0.2, 0.25) is 5.91 Å². The maximum Gasteiger partial charge on any atom is 0.412 e. The number of carbonyl (C=O) groups excluding carboxylic acids is 1. The molecule has 1 amide bonds. The van der Waals surface area contributed by atoms with Crippen molar-refractivity contribution in [3.8, 4) is 6.07 Å². The van der Waals surface area contributed by atoms with E-state index < -0.39 is 24.2 Å². The highest BCUT2D eigenvalue weighted by molar-refractivity contribution is 9.10. The van der Waals surface area contributed by atoms with Crippen LogP contribution in [0.1, 0.15) is 18.5 Å². The number of hydrogen-bond donors (Lipinski definition) is 2. The summed E-state index contributed by atoms with van der Waals surface area (Å²) in [6.45, 7) is 1.27. The summed E-state index contributed by atoms with van der Waals surface area (Å²) in [5, 5.41) is 12.8. The van der Waals surface area contributed by atoms with E-state index in [-0.39, 0.29) is 12.1 Å². The van der Waals surface area contributed by atoms with Crippen LogP contribution in [0.15, 0.2) is 28.7 Å². The molecule has 0 spiro atoms. The summed E-state index contributed by atoms with van der Waals surface area (Å²) in [4.78, 5) is 11.8. The number of alkyl halides is 3. The molecule has 2 N–H and O–H groups in total. The number of nitrogens with zero attached hydrogens (tertiary/aromatic N) is 1. The number of amides is 1. The molecule has 21 heavy (non-hydrogen) atoms. The largest absolute Gasteiger partial charge is 0.412 e. The van der Waals surface area contributed by atoms with Crippen molar-refractivity contribution in [3.05, 3.63) is 34.3 Å². The van der Waals surface area contributed by atoms with E-state index in [4.69, 9.17) is 5.26 Å². The minimum absolute atomic E-state index is 0.0634. The van der Waals surface area contributed by atoms with Gasteiger partial charge in [0.15, 0.2) is 6.04 Å². The van der Waals surface area contributed by atoms with Gasteiger partial charge in [0.25, 0.3) is 0 Å². The fourth-order valence-corrected chi connectivity index (χ4v) is 1.83. The molecule has 0 aliphatic heterocycles. The van der Waals surface area contributed by atoms with E-state index in [2.05, 4.69) is 21.2 Å². The fourth-order valence-electron chi connectivity index (χ4n) is 1.57. The number of hydrogen-bond acceptors (Lipinski definition) is 3. The highest BCUT2D eigenvalue weighted by atomic mass is 79.9. The van der Waals surface area contributed by atoms with E-state index in [0.29, 0.717) is 4.47 Å². The second kappa shape index (κ2) is 7.43. The van der Waals surface area contributed by atoms with Crippen molar-refractivity contribution in [2.45, 2.75) is 25.2 Å². The molecule has 1 aromatic carbocycles. The summed E-state index contributed by atoms with van der Waals surface area (Å²) in [7, 11) is 0. The van der Waals surface area contributed by atoms with Gasteiger partial charge in [0.1, 0.15) is 0 Å². The number of carbonyl (C=O) groups is 1. The predicted molar refractivity (Wildman–Crippen MR) is 74.2 cm³/mol. The van der Waals surface area contributed by atoms with Crippen LogP contribution < -0.4 is 10.6 Å². The normalized spacial score (nSPS) is 14.1. The Bertz CT molecular complexity index is 525. The first-order valence-electron chi connectivity index (χ1n) is 5.98. The Hall–Kier alpha value is -1.59. The highest BCUT2D eigenvalue weighted by Crippen LogP contribution is 2.33. The van der Waals surface area contributed by atoms with Gasteiger partial charge in [-0.2, -0.15) is 18.4 Å². The SMILES string of the molecule is C[C@H](NCC#N)C(=O)N[C@@H](c1ccc(Br)cc1)C(F)(F)F. The molecule has 0 aliphatic rings. The summed E-state index contributed by atoms with van der Waals surface area (Å²) < 4.78 is 39.9. The minimum atomic E-state index is -4.61. The molecular weight excluding hydrogens is 351 g/mol. The van der Waals surface area contributed by atoms with E-state index in [1.54, 1.807) is 6.07 Å². The fraction of sp³-hybridized carbons (Fsp3) is 0.385. The van der Waals surface area contributed by atoms with E-state index in [0.717, 1.165) is 0 Å². The van der Waals surface area contributed by atoms with Crippen LogP contribution >= 0.6 is 15.9 Å². The summed E-state index contributed by atoms with van der Waals surface area (Å²) in [5.41, 5.74) is -0.0634. The van der Waals surface area contributed by atoms with Gasteiger partial charge in [-0.25, -0.2) is 0 Å². The Morgan fingerprint density at radius 3 is 2.43 bits per heavy atom. The van der Waals surface area contributed by atoms with Crippen LogP contribution in [0.25, 0.3) is 0 Å². The molecule has 114 valence electrons. The zero-order valence-corrected chi connectivity index (χ0v) is 12.6. The number of rotatable bonds is 5. The molecule has 0 saturated heterocycles. The number of nitrogens with one attached hydrogen (secondary N) is 2. The Balaban J connectivity index is 2.88. The molecule has 0 fully saturated rings. The molecule has 1 rings (SSSR count). The molecule has 1 aromatic rings. The van der Waals surface area contributed by atoms with Crippen molar-refractivity contribution in [2.24, 2.45) is 0 Å². The molecular formula is C13H13BrF3N3O. The monoisotopic (exact) mass is 363 g/mol. The van der Waals surface area contributed by atoms with Crippen molar-refractivity contribution < 1.29 is 18.0 Å². The Morgan fingerprint density at radius 2 is 1.95 bits per heavy atom. The number of benzene rings is 1. The second-order valence-corrected chi connectivity index (χ2v) is 5.21. The van der Waals surface area contributed by atoms with Crippen LogP contribution in [0.5, 0.6) is 0 Å². The van der Waals surface area contributed by atoms with Crippen LogP contribution in [0.3, 0.4) is 0 Å². The van der Waals surface area contributed by atoms with Crippen molar-refractivity contribution in [1.82, 2.24) is 10.6 Å². The van der Waals surface area contributed by atoms with E-state index in [9.17, 15) is 18.0 Å². The van der Waals surface area contributed by atoms with E-state index in [1.807, 2.05) is 5.32 Å². The maximum atomic E-state index is 13.1. The van der Waals surface area contributed by atoms with Gasteiger partial charge in [-0.1, -0.05) is 28.1 Å². The molecule has 0 aliphatic carbocycles. The first-order chi connectivity index (χ1) is 9.75. The van der Waals surface area contributed by atoms with Crippen LogP contribution in [0, 0.1) is 11.3 Å². The summed E-state index contributed by atoms with van der Waals surface area (Å²) >= 11 is 3.14. The standard InChI is InChI=1S/C13H13BrF3N3O/c1-8(19-7-6-18)12(21)20-11(13(15,16)17)9-2-4-10(14)5-3-9/h2-5,8,11,19H,7H2,1H3,(H,20,21)/t8-,11-/m0/s1. The van der Waals surface area contributed by atoms with Crippen LogP contribution in [0.4, 0.5) is 13.2 Å². The lowest BCUT2D eigenvalue weighted by molar-refractivity contribution is -0.163. The van der Waals surface area contributed by atoms with Gasteiger partial charge in [0, 0.05) is 4.47 Å². The maximum absolute atomic E-state index is 13.1. The number of nitriles is 1. The number of halogens is 4. The molecule has 2 atom stereocenters. The molecule has 0 saturated carbocycles. The van der Waals surface area contributed by atoms with Crippen LogP contribution in [-0.2, 0) is 4.79 Å². The van der Waals surface area contributed by atoms with E-state index >= 15 is 0 Å². The Morgan fingerprint density at radius 1 is 1.38 bits per heavy atom. The molecule has 0 aromatic heterocycles. The Labute approximate surface area is 128 Å². The van der Waals surface area contributed by atoms with Gasteiger partial charge in [0.05, 0.1) is 18.7 Å². The molecule has 4 nitrogen and oxygen atoms in total. The smallest absolute Gasteiger partial charge is 0.339 e. The average Bonchev–Trinajstić information content (AvgIpc) is 2.41. The first kappa shape index (κ1) is 17.5. The molecule has 0 radical (unpaired) electrons. The summed E-state index contributed by atoms with van der Waals surface area (Å²) in [6.07, 6.45) is -4.61. The van der Waals surface area contributed by atoms with Gasteiger partial charge in [-0.05, 0) is 24.6 Å². The van der Waals surface area contributed by atoms with Gasteiger partial charge in [-0.15, -0.1) is 0 Å². The lowest BCUT2D eigenvalue weighted by Gasteiger charge is -2.24. The van der Waals surface area contributed by atoms with Gasteiger partial charge < -0.3 is 5.32 Å². The quantitative estimate of drug-likeness (QED) is 0.790. The lowest BCUT2D eigenvalue weighted by Crippen LogP contribution is -2.47. The van der Waals surface area contributed by atoms with Crippen molar-refractivity contribution in [3.63, 3.8) is 0 Å². The summed E-state index contributed by atoms with van der Waals surface area (Å²) in [5.74, 6) is -0.824. The predicted octanol–water partition coefficient (Wildman–Crippen LogP) is 2.67. The highest BCUT2D eigenvalue weighted by Gasteiger charge is 2.42. The minimum Gasteiger partial charge on any atom is -0.339 e. The lowest BCUT2D eigenvalue weighted by atomic mass is 10.1. The first-order valence-corrected chi connectivity index (χ1v) is 6.78. The zero-order chi connectivity index (χ0) is 16.0. The zero-order valence-electron chi connectivity index (χ0n) is 11.0. The third kappa shape index (κ3) is 5.36. The van der Waals surface area contributed by atoms with Crippen molar-refractivity contribution in [2.75, 3.05) is 6.54 Å². The van der Waals surface area contributed by atoms with Gasteiger partial charge in [-0.3, -0.25) is 10.1 Å². The molecule has 0 unspecified atom stereocenters. The van der Waals surface area contributed by atoms with Gasteiger partial charge >= 0.3 is 6.18 Å². The van der Waals surface area contributed by atoms with E-state index in [1.165, 1.54) is 31.2 Å². The topological polar surface area (TPSA) is 64.9 Å². The van der Waals surface area contributed by atoms with Crippen LogP contribution in [-0.4, -0.2) is 24.7 Å². The molecule has 0 heterocycles. The average molecular weight is 364 g/mol. The van der Waals surface area contributed by atoms with Crippen molar-refractivity contribution >= 4 is 21.8 Å². The van der Waals surface area contributed by atoms with Crippen LogP contribution in [0.2, 0.25) is 0 Å². The summed E-state index contributed by atoms with van der Waals surface area (Å²) in [6, 6.07) is 4.28. The van der Waals surface area contributed by atoms with Crippen molar-refractivity contribution in [1.29, 1.82) is 5.26 Å². The molecule has 8 heteroatoms. The third-order valence-electron chi connectivity index (χ3n) is 2.70. The molecule has 0 bridgehead atoms. The third-order valence-corrected chi connectivity index (χ3v) is 3.23. The Kier molecular flexibility index (Phi) is 6.18. The second-order valence-electron chi connectivity index (χ2n) is 4.30.